The smallest absolute Gasteiger partial charge is 0.248 e. The van der Waals surface area contributed by atoms with Gasteiger partial charge in [-0.3, -0.25) is 9.79 Å². The van der Waals surface area contributed by atoms with E-state index in [1.54, 1.807) is 19.2 Å². The third kappa shape index (κ3) is 8.21. The van der Waals surface area contributed by atoms with Crippen LogP contribution in [-0.4, -0.2) is 25.5 Å². The highest BCUT2D eigenvalue weighted by molar-refractivity contribution is 14.0. The molecule has 0 bridgehead atoms. The number of nitrogens with zero attached hydrogens (tertiary/aromatic N) is 1. The van der Waals surface area contributed by atoms with E-state index in [-0.39, 0.29) is 24.0 Å². The lowest BCUT2D eigenvalue weighted by Gasteiger charge is -2.12. The molecule has 0 unspecified atom stereocenters. The minimum absolute atomic E-state index is 0. The van der Waals surface area contributed by atoms with E-state index >= 15 is 0 Å². The lowest BCUT2D eigenvalue weighted by atomic mass is 10.1. The summed E-state index contributed by atoms with van der Waals surface area (Å²) in [5.74, 6) is 0.393. The largest absolute Gasteiger partial charge is 0.366 e. The van der Waals surface area contributed by atoms with E-state index < -0.39 is 5.91 Å². The molecule has 0 saturated heterocycles. The molecule has 1 amide bonds. The van der Waals surface area contributed by atoms with Gasteiger partial charge in [0.2, 0.25) is 5.91 Å². The van der Waals surface area contributed by atoms with Gasteiger partial charge in [-0.1, -0.05) is 38.3 Å². The van der Waals surface area contributed by atoms with Crippen LogP contribution in [0.4, 0.5) is 0 Å². The normalized spacial score (nSPS) is 10.7. The molecule has 6 heteroatoms. The van der Waals surface area contributed by atoms with Crippen molar-refractivity contribution in [2.75, 3.05) is 13.6 Å². The number of hydrogen-bond acceptors (Lipinski definition) is 2. The Balaban J connectivity index is 0.00000441. The number of guanidine groups is 1. The summed E-state index contributed by atoms with van der Waals surface area (Å²) in [6.45, 7) is 3.80. The summed E-state index contributed by atoms with van der Waals surface area (Å²) >= 11 is 0. The van der Waals surface area contributed by atoms with Gasteiger partial charge in [0, 0.05) is 25.7 Å². The average Bonchev–Trinajstić information content (AvgIpc) is 2.50. The van der Waals surface area contributed by atoms with Crippen LogP contribution in [0.5, 0.6) is 0 Å². The van der Waals surface area contributed by atoms with Gasteiger partial charge in [0.25, 0.3) is 0 Å². The Kier molecular flexibility index (Phi) is 11.5. The lowest BCUT2D eigenvalue weighted by molar-refractivity contribution is 0.100. The van der Waals surface area contributed by atoms with Crippen molar-refractivity contribution in [1.82, 2.24) is 10.6 Å². The van der Waals surface area contributed by atoms with E-state index in [0.29, 0.717) is 12.1 Å². The van der Waals surface area contributed by atoms with Gasteiger partial charge >= 0.3 is 0 Å². The number of aliphatic imine (C=N–C) groups is 1. The van der Waals surface area contributed by atoms with Crippen molar-refractivity contribution in [3.05, 3.63) is 35.4 Å². The monoisotopic (exact) mass is 418 g/mol. The van der Waals surface area contributed by atoms with Gasteiger partial charge in [-0.05, 0) is 24.1 Å². The first-order valence-electron chi connectivity index (χ1n) is 7.50. The zero-order valence-electron chi connectivity index (χ0n) is 13.4. The first-order chi connectivity index (χ1) is 10.2. The minimum atomic E-state index is -0.404. The Bertz CT molecular complexity index is 460. The number of amides is 1. The number of rotatable bonds is 8. The third-order valence-electron chi connectivity index (χ3n) is 3.24. The topological polar surface area (TPSA) is 79.5 Å². The van der Waals surface area contributed by atoms with Gasteiger partial charge in [0.05, 0.1) is 0 Å². The van der Waals surface area contributed by atoms with Gasteiger partial charge in [-0.25, -0.2) is 0 Å². The molecule has 1 rings (SSSR count). The molecule has 0 aliphatic carbocycles. The fraction of sp³-hybridized carbons (Fsp3) is 0.500. The molecule has 0 saturated carbocycles. The highest BCUT2D eigenvalue weighted by Crippen LogP contribution is 2.03. The number of primary amides is 1. The second-order valence-electron chi connectivity index (χ2n) is 4.97. The van der Waals surface area contributed by atoms with E-state index in [2.05, 4.69) is 22.5 Å². The van der Waals surface area contributed by atoms with Gasteiger partial charge in [0.15, 0.2) is 5.96 Å². The van der Waals surface area contributed by atoms with Crippen molar-refractivity contribution >= 4 is 35.8 Å². The minimum Gasteiger partial charge on any atom is -0.366 e. The Morgan fingerprint density at radius 2 is 1.82 bits per heavy atom. The molecule has 0 heterocycles. The number of carbonyl (C=O) groups excluding carboxylic acids is 1. The molecule has 0 radical (unpaired) electrons. The molecular weight excluding hydrogens is 391 g/mol. The number of nitrogens with one attached hydrogen (secondary N) is 2. The predicted molar refractivity (Wildman–Crippen MR) is 103 cm³/mol. The third-order valence-corrected chi connectivity index (χ3v) is 3.24. The van der Waals surface area contributed by atoms with Crippen molar-refractivity contribution in [2.45, 2.75) is 39.2 Å². The molecule has 1 aromatic carbocycles. The summed E-state index contributed by atoms with van der Waals surface area (Å²) in [7, 11) is 1.76. The summed E-state index contributed by atoms with van der Waals surface area (Å²) in [6, 6.07) is 7.25. The molecule has 0 aliphatic heterocycles. The van der Waals surface area contributed by atoms with E-state index in [4.69, 9.17) is 5.73 Å². The number of carbonyl (C=O) groups is 1. The van der Waals surface area contributed by atoms with Crippen LogP contribution in [0.25, 0.3) is 0 Å². The van der Waals surface area contributed by atoms with E-state index in [0.717, 1.165) is 24.5 Å². The average molecular weight is 418 g/mol. The fourth-order valence-corrected chi connectivity index (χ4v) is 1.95. The standard InChI is InChI=1S/C16H26N4O.HI/c1-3-4-5-6-11-19-16(18-2)20-12-13-7-9-14(10-8-13)15(17)21;/h7-10H,3-6,11-12H2,1-2H3,(H2,17,21)(H2,18,19,20);1H. The molecule has 22 heavy (non-hydrogen) atoms. The predicted octanol–water partition coefficient (Wildman–Crippen LogP) is 2.65. The molecule has 5 nitrogen and oxygen atoms in total. The quantitative estimate of drug-likeness (QED) is 0.263. The maximum atomic E-state index is 11.0. The maximum Gasteiger partial charge on any atom is 0.248 e. The Morgan fingerprint density at radius 3 is 2.36 bits per heavy atom. The van der Waals surface area contributed by atoms with Crippen LogP contribution in [0.15, 0.2) is 29.3 Å². The fourth-order valence-electron chi connectivity index (χ4n) is 1.95. The molecular formula is C16H27IN4O. The Labute approximate surface area is 150 Å². The van der Waals surface area contributed by atoms with Crippen LogP contribution >= 0.6 is 24.0 Å². The van der Waals surface area contributed by atoms with Crippen molar-refractivity contribution in [3.63, 3.8) is 0 Å². The van der Waals surface area contributed by atoms with Gasteiger partial charge in [-0.15, -0.1) is 24.0 Å². The van der Waals surface area contributed by atoms with Gasteiger partial charge in [0.1, 0.15) is 0 Å². The first-order valence-corrected chi connectivity index (χ1v) is 7.50. The Hall–Kier alpha value is -1.31. The van der Waals surface area contributed by atoms with Crippen molar-refractivity contribution in [3.8, 4) is 0 Å². The lowest BCUT2D eigenvalue weighted by Crippen LogP contribution is -2.37. The van der Waals surface area contributed by atoms with Gasteiger partial charge in [-0.2, -0.15) is 0 Å². The zero-order valence-corrected chi connectivity index (χ0v) is 15.7. The van der Waals surface area contributed by atoms with Crippen molar-refractivity contribution in [2.24, 2.45) is 10.7 Å². The summed E-state index contributed by atoms with van der Waals surface area (Å²) in [5, 5.41) is 6.54. The highest BCUT2D eigenvalue weighted by atomic mass is 127. The highest BCUT2D eigenvalue weighted by Gasteiger charge is 2.01. The number of nitrogens with two attached hydrogens (primary N) is 1. The summed E-state index contributed by atoms with van der Waals surface area (Å²) in [5.41, 5.74) is 6.82. The van der Waals surface area contributed by atoms with Crippen LogP contribution in [0.3, 0.4) is 0 Å². The number of halogens is 1. The molecule has 0 fully saturated rings. The number of benzene rings is 1. The molecule has 1 aromatic rings. The van der Waals surface area contributed by atoms with Crippen LogP contribution in [-0.2, 0) is 6.54 Å². The molecule has 0 atom stereocenters. The second-order valence-corrected chi connectivity index (χ2v) is 4.97. The molecule has 0 aliphatic rings. The van der Waals surface area contributed by atoms with Crippen LogP contribution in [0.1, 0.15) is 48.5 Å². The van der Waals surface area contributed by atoms with Crippen LogP contribution in [0, 0.1) is 0 Å². The van der Waals surface area contributed by atoms with Crippen molar-refractivity contribution in [1.29, 1.82) is 0 Å². The number of hydrogen-bond donors (Lipinski definition) is 3. The summed E-state index contributed by atoms with van der Waals surface area (Å²) in [4.78, 5) is 15.2. The number of unbranched alkanes of at least 4 members (excludes halogenated alkanes) is 3. The maximum absolute atomic E-state index is 11.0. The van der Waals surface area contributed by atoms with Crippen molar-refractivity contribution < 1.29 is 4.79 Å². The zero-order chi connectivity index (χ0) is 15.5. The SMILES string of the molecule is CCCCCCNC(=NC)NCc1ccc(C(N)=O)cc1.I. The van der Waals surface area contributed by atoms with Crippen LogP contribution < -0.4 is 16.4 Å². The van der Waals surface area contributed by atoms with E-state index in [9.17, 15) is 4.79 Å². The summed E-state index contributed by atoms with van der Waals surface area (Å²) in [6.07, 6.45) is 4.92. The van der Waals surface area contributed by atoms with Crippen LogP contribution in [0.2, 0.25) is 0 Å². The van der Waals surface area contributed by atoms with E-state index in [1.807, 2.05) is 12.1 Å². The molecule has 4 N–H and O–H groups in total. The first kappa shape index (κ1) is 20.7. The Morgan fingerprint density at radius 1 is 1.14 bits per heavy atom. The second kappa shape index (κ2) is 12.3. The summed E-state index contributed by atoms with van der Waals surface area (Å²) < 4.78 is 0. The molecule has 0 spiro atoms. The molecule has 0 aromatic heterocycles. The molecule has 124 valence electrons. The van der Waals surface area contributed by atoms with Gasteiger partial charge < -0.3 is 16.4 Å². The van der Waals surface area contributed by atoms with E-state index in [1.165, 1.54) is 19.3 Å².